The van der Waals surface area contributed by atoms with E-state index in [1.54, 1.807) is 13.1 Å². The number of aliphatic hydroxyl groups is 1. The molecule has 0 heterocycles. The molecule has 4 nitrogen and oxygen atoms in total. The minimum Gasteiger partial charge on any atom is -0.410 e. The van der Waals surface area contributed by atoms with Crippen molar-refractivity contribution < 1.29 is 13.7 Å². The molecule has 0 aliphatic carbocycles. The summed E-state index contributed by atoms with van der Waals surface area (Å²) in [7, 11) is -3.39. The predicted octanol–water partition coefficient (Wildman–Crippen LogP) is 7.98. The lowest BCUT2D eigenvalue weighted by Gasteiger charge is -2.38. The second-order valence-electron chi connectivity index (χ2n) is 9.60. The molecule has 4 atom stereocenters. The van der Waals surface area contributed by atoms with Crippen LogP contribution in [0, 0.1) is 11.8 Å². The first-order valence-corrected chi connectivity index (χ1v) is 17.2. The van der Waals surface area contributed by atoms with E-state index < -0.39 is 23.6 Å². The van der Waals surface area contributed by atoms with Gasteiger partial charge in [0.25, 0.3) is 0 Å². The van der Waals surface area contributed by atoms with E-state index in [9.17, 15) is 9.32 Å². The molecule has 1 N–H and O–H groups in total. The molecule has 0 aliphatic rings. The summed E-state index contributed by atoms with van der Waals surface area (Å²) in [6, 6.07) is 12.5. The fourth-order valence-corrected chi connectivity index (χ4v) is 9.75. The molecule has 0 amide bonds. The van der Waals surface area contributed by atoms with Gasteiger partial charge in [0.2, 0.25) is 0 Å². The molecule has 1 rings (SSSR count). The average Bonchev–Trinajstić information content (AvgIpc) is 2.87. The van der Waals surface area contributed by atoms with Crippen molar-refractivity contribution in [1.82, 2.24) is 0 Å². The van der Waals surface area contributed by atoms with E-state index in [1.165, 1.54) is 0 Å². The van der Waals surface area contributed by atoms with Crippen LogP contribution in [0.4, 0.5) is 0 Å². The van der Waals surface area contributed by atoms with Crippen molar-refractivity contribution in [3.8, 4) is 0 Å². The van der Waals surface area contributed by atoms with Crippen molar-refractivity contribution in [2.45, 2.75) is 96.0 Å². The fourth-order valence-electron chi connectivity index (χ4n) is 4.66. The van der Waals surface area contributed by atoms with Crippen LogP contribution >= 0.6 is 0 Å². The summed E-state index contributed by atoms with van der Waals surface area (Å²) in [6.07, 6.45) is 8.45. The molecule has 1 unspecified atom stereocenters. The van der Waals surface area contributed by atoms with Gasteiger partial charge in [-0.25, -0.2) is 8.57 Å². The highest BCUT2D eigenvalue weighted by atomic mass is 32.2. The van der Waals surface area contributed by atoms with E-state index in [0.717, 1.165) is 18.1 Å². The normalized spacial score (nSPS) is 18.2. The molecule has 0 radical (unpaired) electrons. The second kappa shape index (κ2) is 14.3. The summed E-state index contributed by atoms with van der Waals surface area (Å²) < 4.78 is 26.1. The van der Waals surface area contributed by atoms with Gasteiger partial charge in [-0.15, -0.1) is 6.58 Å². The number of hydrogen-bond acceptors (Lipinski definition) is 4. The first-order valence-electron chi connectivity index (χ1n) is 13.1. The van der Waals surface area contributed by atoms with Crippen LogP contribution in [0.5, 0.6) is 0 Å². The Balaban J connectivity index is 3.94. The zero-order valence-electron chi connectivity index (χ0n) is 23.3. The SMILES string of the molecule is C=CC[C@@](O)(CC)/C(=C\[C@@H](C(C)C)[C@H](/C=C/C)O[Si](CC)(CC)CC)S(=O)(=NC)c1ccccc1. The highest BCUT2D eigenvalue weighted by molar-refractivity contribution is 7.97. The minimum absolute atomic E-state index is 0.0769. The molecular formula is C29H49NO3SSi. The summed E-state index contributed by atoms with van der Waals surface area (Å²) in [4.78, 5) is 1.07. The number of hydrogen-bond donors (Lipinski definition) is 1. The minimum atomic E-state index is -3.06. The molecule has 0 saturated carbocycles. The molecule has 1 aromatic rings. The van der Waals surface area contributed by atoms with E-state index in [2.05, 4.69) is 51.6 Å². The summed E-state index contributed by atoms with van der Waals surface area (Å²) in [6.45, 7) is 18.8. The quantitative estimate of drug-likeness (QED) is 0.189. The van der Waals surface area contributed by atoms with Gasteiger partial charge in [0.1, 0.15) is 15.3 Å². The Hall–Kier alpha value is -1.47. The summed E-state index contributed by atoms with van der Waals surface area (Å²) in [5.74, 6) is 0.122. The van der Waals surface area contributed by atoms with Crippen molar-refractivity contribution in [3.05, 3.63) is 66.1 Å². The molecule has 6 heteroatoms. The Morgan fingerprint density at radius 2 is 1.74 bits per heavy atom. The number of nitrogens with zero attached hydrogens (tertiary/aromatic N) is 1. The van der Waals surface area contributed by atoms with E-state index in [-0.39, 0.29) is 17.9 Å². The maximum atomic E-state index is 14.6. The average molecular weight is 520 g/mol. The van der Waals surface area contributed by atoms with Crippen molar-refractivity contribution in [2.24, 2.45) is 16.2 Å². The lowest BCUT2D eigenvalue weighted by Crippen LogP contribution is -2.43. The van der Waals surface area contributed by atoms with Gasteiger partial charge in [-0.05, 0) is 55.9 Å². The monoisotopic (exact) mass is 519 g/mol. The number of allylic oxidation sites excluding steroid dienone is 1. The molecule has 0 aliphatic heterocycles. The maximum Gasteiger partial charge on any atom is 0.192 e. The van der Waals surface area contributed by atoms with Gasteiger partial charge in [-0.2, -0.15) is 0 Å². The van der Waals surface area contributed by atoms with Gasteiger partial charge in [-0.3, -0.25) is 0 Å². The van der Waals surface area contributed by atoms with Crippen molar-refractivity contribution >= 4 is 18.0 Å². The predicted molar refractivity (Wildman–Crippen MR) is 155 cm³/mol. The fraction of sp³-hybridized carbons (Fsp3) is 0.586. The van der Waals surface area contributed by atoms with E-state index in [1.807, 2.05) is 56.3 Å². The van der Waals surface area contributed by atoms with Crippen molar-refractivity contribution in [1.29, 1.82) is 0 Å². The molecule has 35 heavy (non-hydrogen) atoms. The Morgan fingerprint density at radius 1 is 1.17 bits per heavy atom. The van der Waals surface area contributed by atoms with E-state index >= 15 is 0 Å². The zero-order chi connectivity index (χ0) is 26.7. The third-order valence-electron chi connectivity index (χ3n) is 7.34. The van der Waals surface area contributed by atoms with Crippen LogP contribution in [0.1, 0.15) is 61.3 Å². The first-order chi connectivity index (χ1) is 16.6. The molecule has 0 aromatic heterocycles. The molecule has 1 aromatic carbocycles. The van der Waals surface area contributed by atoms with Crippen LogP contribution in [-0.2, 0) is 14.2 Å². The van der Waals surface area contributed by atoms with Crippen LogP contribution in [0.3, 0.4) is 0 Å². The van der Waals surface area contributed by atoms with Gasteiger partial charge < -0.3 is 9.53 Å². The lowest BCUT2D eigenvalue weighted by atomic mass is 9.86. The second-order valence-corrected chi connectivity index (χ2v) is 16.7. The highest BCUT2D eigenvalue weighted by Crippen LogP contribution is 2.39. The molecule has 198 valence electrons. The molecular weight excluding hydrogens is 470 g/mol. The molecule has 0 bridgehead atoms. The standard InChI is InChI=1S/C29H49NO3SSi/c1-10-19-27(33-35(13-4,14-5)15-6)26(24(7)8)23-28(29(31,12-3)22-11-2)34(32,30-9)25-20-17-16-18-21-25/h10-11,16-21,23-24,26-27,31H,2,12-15,22H2,1,3-9H3/b19-10+,28-23+/t26-,27-,29-,34?/m0/s1. The summed E-state index contributed by atoms with van der Waals surface area (Å²) in [5.41, 5.74) is -1.32. The first kappa shape index (κ1) is 31.6. The third kappa shape index (κ3) is 7.51. The van der Waals surface area contributed by atoms with E-state index in [4.69, 9.17) is 4.43 Å². The van der Waals surface area contributed by atoms with Gasteiger partial charge in [0.05, 0.1) is 15.9 Å². The molecule has 0 spiro atoms. The smallest absolute Gasteiger partial charge is 0.192 e. The van der Waals surface area contributed by atoms with Crippen LogP contribution in [0.25, 0.3) is 0 Å². The van der Waals surface area contributed by atoms with Gasteiger partial charge in [-0.1, -0.05) is 84.0 Å². The summed E-state index contributed by atoms with van der Waals surface area (Å²) in [5, 5.41) is 11.9. The largest absolute Gasteiger partial charge is 0.410 e. The van der Waals surface area contributed by atoms with Gasteiger partial charge in [0, 0.05) is 13.0 Å². The summed E-state index contributed by atoms with van der Waals surface area (Å²) >= 11 is 0. The molecule has 0 saturated heterocycles. The van der Waals surface area contributed by atoms with Gasteiger partial charge in [0.15, 0.2) is 8.32 Å². The zero-order valence-corrected chi connectivity index (χ0v) is 25.1. The number of rotatable bonds is 15. The van der Waals surface area contributed by atoms with Crippen LogP contribution in [-0.4, -0.2) is 36.4 Å². The topological polar surface area (TPSA) is 58.9 Å². The number of benzene rings is 1. The lowest BCUT2D eigenvalue weighted by molar-refractivity contribution is 0.0830. The maximum absolute atomic E-state index is 14.6. The highest BCUT2D eigenvalue weighted by Gasteiger charge is 2.40. The Morgan fingerprint density at radius 3 is 2.14 bits per heavy atom. The van der Waals surface area contributed by atoms with Crippen molar-refractivity contribution in [3.63, 3.8) is 0 Å². The Labute approximate surface area is 216 Å². The Bertz CT molecular complexity index is 951. The van der Waals surface area contributed by atoms with Crippen LogP contribution < -0.4 is 0 Å². The van der Waals surface area contributed by atoms with Crippen LogP contribution in [0.15, 0.2) is 75.4 Å². The van der Waals surface area contributed by atoms with Crippen LogP contribution in [0.2, 0.25) is 18.1 Å². The Kier molecular flexibility index (Phi) is 12.9. The third-order valence-corrected chi connectivity index (χ3v) is 14.5. The molecule has 0 fully saturated rings. The van der Waals surface area contributed by atoms with E-state index in [0.29, 0.717) is 22.6 Å². The van der Waals surface area contributed by atoms with Crippen molar-refractivity contribution in [2.75, 3.05) is 7.05 Å². The van der Waals surface area contributed by atoms with Gasteiger partial charge >= 0.3 is 0 Å².